The highest BCUT2D eigenvalue weighted by atomic mass is 79.9. The fourth-order valence-electron chi connectivity index (χ4n) is 6.67. The van der Waals surface area contributed by atoms with Gasteiger partial charge in [0.1, 0.15) is 34.3 Å². The number of hydrogen-bond donors (Lipinski definition) is 8. The third-order valence-electron chi connectivity index (χ3n) is 9.72. The minimum Gasteiger partial charge on any atom is -0.478 e. The number of aromatic nitrogens is 3. The third-order valence-corrected chi connectivity index (χ3v) is 12.7. The van der Waals surface area contributed by atoms with Gasteiger partial charge in [-0.1, -0.05) is 6.07 Å². The standard InChI is InChI=1S/C29H30Br2F3N7O2S.3C4H4O4/c1-39-8-10-40(11-9-39)17-3-5-18(6-4-17)41-14-19(24-28(35)36-15-37-29(24)41)16-2-7-23(21(32)12-16)38-44(42,43)27-25(31)22(33)13-20(30)26(27)34;3*5-3(6)1-2-4(7)8/h2,7,12-15,17-18,38H,3-6,8-11H2,1H3,(H2,35,36,37);3*1-2H,(H,5,6)(H,7,8)/b;3*2-1-. The van der Waals surface area contributed by atoms with Crippen molar-refractivity contribution in [1.82, 2.24) is 24.3 Å². The minimum atomic E-state index is -4.72. The van der Waals surface area contributed by atoms with Crippen molar-refractivity contribution in [3.05, 3.63) is 99.6 Å². The second-order valence-corrected chi connectivity index (χ2v) is 17.6. The van der Waals surface area contributed by atoms with Crippen molar-refractivity contribution >= 4 is 100 Å². The Kier molecular flexibility index (Phi) is 20.8. The average molecular weight is 1110 g/mol. The first-order valence-electron chi connectivity index (χ1n) is 19.4. The lowest BCUT2D eigenvalue weighted by Gasteiger charge is -2.41. The van der Waals surface area contributed by atoms with Gasteiger partial charge in [-0.3, -0.25) is 9.62 Å². The molecule has 1 aliphatic heterocycles. The summed E-state index contributed by atoms with van der Waals surface area (Å²) in [6, 6.07) is 5.45. The number of nitrogens with one attached hydrogen (secondary N) is 1. The number of nitrogens with two attached hydrogens (primary N) is 1. The number of carboxylic acids is 6. The first kappa shape index (κ1) is 55.6. The summed E-state index contributed by atoms with van der Waals surface area (Å²) >= 11 is 5.60. The molecule has 1 saturated carbocycles. The van der Waals surface area contributed by atoms with Gasteiger partial charge in [-0.05, 0) is 88.4 Å². The van der Waals surface area contributed by atoms with Gasteiger partial charge in [0.2, 0.25) is 0 Å². The molecule has 21 nitrogen and oxygen atoms in total. The van der Waals surface area contributed by atoms with Gasteiger partial charge in [-0.2, -0.15) is 0 Å². The molecular formula is C41H42Br2F3N7O14S. The number of nitrogen functional groups attached to an aromatic ring is 1. The molecule has 0 unspecified atom stereocenters. The molecule has 0 amide bonds. The van der Waals surface area contributed by atoms with Crippen LogP contribution in [0.15, 0.2) is 87.1 Å². The Balaban J connectivity index is 0.000000419. The highest BCUT2D eigenvalue weighted by molar-refractivity contribution is 9.11. The van der Waals surface area contributed by atoms with E-state index in [1.807, 2.05) is 10.9 Å². The van der Waals surface area contributed by atoms with Crippen molar-refractivity contribution in [2.75, 3.05) is 43.7 Å². The molecule has 3 heterocycles. The Morgan fingerprint density at radius 3 is 1.65 bits per heavy atom. The Morgan fingerprint density at radius 2 is 1.19 bits per heavy atom. The van der Waals surface area contributed by atoms with Crippen LogP contribution in [0.3, 0.4) is 0 Å². The minimum absolute atomic E-state index is 0.180. The molecule has 68 heavy (non-hydrogen) atoms. The second kappa shape index (κ2) is 25.5. The Labute approximate surface area is 401 Å². The number of piperazine rings is 1. The summed E-state index contributed by atoms with van der Waals surface area (Å²) in [6.45, 7) is 4.32. The van der Waals surface area contributed by atoms with Gasteiger partial charge in [0, 0.05) is 86.5 Å². The first-order valence-corrected chi connectivity index (χ1v) is 22.5. The lowest BCUT2D eigenvalue weighted by molar-refractivity contribution is -0.134. The maximum absolute atomic E-state index is 15.5. The quantitative estimate of drug-likeness (QED) is 0.0660. The zero-order chi connectivity index (χ0) is 51.0. The molecule has 0 atom stereocenters. The van der Waals surface area contributed by atoms with E-state index in [4.69, 9.17) is 36.4 Å². The molecule has 2 aromatic carbocycles. The van der Waals surface area contributed by atoms with Crippen LogP contribution in [0.5, 0.6) is 0 Å². The molecule has 1 aliphatic carbocycles. The van der Waals surface area contributed by atoms with E-state index in [0.717, 1.165) is 57.9 Å². The second-order valence-electron chi connectivity index (χ2n) is 14.3. The molecule has 6 rings (SSSR count). The van der Waals surface area contributed by atoms with Gasteiger partial charge in [-0.25, -0.2) is 60.3 Å². The van der Waals surface area contributed by atoms with Crippen LogP contribution in [0.25, 0.3) is 22.2 Å². The molecular weight excluding hydrogens is 1060 g/mol. The van der Waals surface area contributed by atoms with Crippen LogP contribution in [-0.4, -0.2) is 138 Å². The molecule has 0 bridgehead atoms. The number of fused-ring (bicyclic) bond motifs is 1. The van der Waals surface area contributed by atoms with Crippen molar-refractivity contribution in [2.45, 2.75) is 42.7 Å². The Hall–Kier alpha value is -6.68. The summed E-state index contributed by atoms with van der Waals surface area (Å²) in [5.41, 5.74) is 7.56. The molecule has 0 spiro atoms. The van der Waals surface area contributed by atoms with E-state index in [-0.39, 0.29) is 11.9 Å². The lowest BCUT2D eigenvalue weighted by atomic mass is 9.89. The summed E-state index contributed by atoms with van der Waals surface area (Å²) in [4.78, 5) is 70.0. The zero-order valence-corrected chi connectivity index (χ0v) is 39.3. The Morgan fingerprint density at radius 1 is 0.721 bits per heavy atom. The van der Waals surface area contributed by atoms with Crippen LogP contribution in [0.4, 0.5) is 24.7 Å². The molecule has 2 fully saturated rings. The van der Waals surface area contributed by atoms with E-state index in [0.29, 0.717) is 64.7 Å². The molecule has 9 N–H and O–H groups in total. The van der Waals surface area contributed by atoms with Gasteiger partial charge in [0.15, 0.2) is 5.82 Å². The predicted molar refractivity (Wildman–Crippen MR) is 243 cm³/mol. The van der Waals surface area contributed by atoms with E-state index in [2.05, 4.69) is 63.2 Å². The summed E-state index contributed by atoms with van der Waals surface area (Å²) in [7, 11) is -2.57. The SMILES string of the molecule is CN1CCN(C2CCC(n3cc(-c4ccc(NS(=O)(=O)c5c(F)c(Br)cc(F)c5Br)c(F)c4)c4c(N)ncnc43)CC2)CC1.O=C(O)/C=C\C(=O)O.O=C(O)/C=C\C(=O)O.O=C(O)/C=C\C(=O)O. The van der Waals surface area contributed by atoms with Crippen LogP contribution in [0.2, 0.25) is 0 Å². The number of rotatable bonds is 12. The fraction of sp³-hybridized carbons (Fsp3) is 0.268. The van der Waals surface area contributed by atoms with E-state index in [1.165, 1.54) is 24.5 Å². The van der Waals surface area contributed by atoms with Gasteiger partial charge in [0.05, 0.1) is 20.0 Å². The molecule has 4 aromatic rings. The van der Waals surface area contributed by atoms with E-state index in [1.54, 1.807) is 0 Å². The maximum Gasteiger partial charge on any atom is 0.328 e. The smallest absolute Gasteiger partial charge is 0.328 e. The highest BCUT2D eigenvalue weighted by Gasteiger charge is 2.31. The molecule has 27 heteroatoms. The molecule has 0 radical (unpaired) electrons. The van der Waals surface area contributed by atoms with Crippen molar-refractivity contribution < 1.29 is 81.0 Å². The van der Waals surface area contributed by atoms with Crippen molar-refractivity contribution in [2.24, 2.45) is 0 Å². The zero-order valence-electron chi connectivity index (χ0n) is 35.3. The molecule has 2 aromatic heterocycles. The normalized spacial score (nSPS) is 16.5. The summed E-state index contributed by atoms with van der Waals surface area (Å²) in [5, 5.41) is 47.5. The van der Waals surface area contributed by atoms with Crippen molar-refractivity contribution in [1.29, 1.82) is 0 Å². The van der Waals surface area contributed by atoms with Crippen LogP contribution in [-0.2, 0) is 38.8 Å². The van der Waals surface area contributed by atoms with Gasteiger partial charge >= 0.3 is 35.8 Å². The van der Waals surface area contributed by atoms with E-state index in [9.17, 15) is 46.0 Å². The summed E-state index contributed by atoms with van der Waals surface area (Å²) in [6.07, 6.45) is 10.7. The average Bonchev–Trinajstić information content (AvgIpc) is 3.66. The third kappa shape index (κ3) is 16.6. The molecule has 1 saturated heterocycles. The largest absolute Gasteiger partial charge is 0.478 e. The summed E-state index contributed by atoms with van der Waals surface area (Å²) in [5.74, 6) is -10.4. The fourth-order valence-corrected chi connectivity index (χ4v) is 9.37. The maximum atomic E-state index is 15.5. The number of halogens is 5. The topological polar surface area (TPSA) is 333 Å². The Bertz CT molecular complexity index is 2590. The molecule has 366 valence electrons. The van der Waals surface area contributed by atoms with Gasteiger partial charge < -0.3 is 45.8 Å². The van der Waals surface area contributed by atoms with Crippen molar-refractivity contribution in [3.63, 3.8) is 0 Å². The van der Waals surface area contributed by atoms with Crippen LogP contribution in [0, 0.1) is 17.5 Å². The molecule has 2 aliphatic rings. The van der Waals surface area contributed by atoms with Crippen LogP contribution < -0.4 is 10.5 Å². The number of carbonyl (C=O) groups is 6. The number of carboxylic acid groups (broad SMARTS) is 6. The highest BCUT2D eigenvalue weighted by Crippen LogP contribution is 2.40. The van der Waals surface area contributed by atoms with E-state index < -0.39 is 82.8 Å². The number of hydrogen-bond acceptors (Lipinski definition) is 13. The predicted octanol–water partition coefficient (Wildman–Crippen LogP) is 5.29. The van der Waals surface area contributed by atoms with E-state index >= 15 is 4.39 Å². The van der Waals surface area contributed by atoms with Crippen LogP contribution >= 0.6 is 31.9 Å². The number of likely N-dealkylation sites (N-methyl/N-ethyl adjacent to an activating group) is 1. The summed E-state index contributed by atoms with van der Waals surface area (Å²) < 4.78 is 73.5. The van der Waals surface area contributed by atoms with Crippen molar-refractivity contribution in [3.8, 4) is 11.1 Å². The number of aliphatic carboxylic acids is 6. The number of benzene rings is 2. The monoisotopic (exact) mass is 1100 g/mol. The first-order chi connectivity index (χ1) is 31.8. The number of anilines is 2. The van der Waals surface area contributed by atoms with Gasteiger partial charge in [-0.15, -0.1) is 0 Å². The van der Waals surface area contributed by atoms with Gasteiger partial charge in [0.25, 0.3) is 10.0 Å². The number of nitrogens with zero attached hydrogens (tertiary/aromatic N) is 5. The van der Waals surface area contributed by atoms with Crippen LogP contribution in [0.1, 0.15) is 31.7 Å². The number of sulfonamides is 1. The lowest BCUT2D eigenvalue weighted by Crippen LogP contribution is -2.49.